The van der Waals surface area contributed by atoms with E-state index in [1.54, 1.807) is 54.6 Å². The van der Waals surface area contributed by atoms with Gasteiger partial charge in [0, 0.05) is 16.9 Å². The van der Waals surface area contributed by atoms with Gasteiger partial charge >= 0.3 is 0 Å². The first-order chi connectivity index (χ1) is 12.2. The minimum Gasteiger partial charge on any atom is -0.392 e. The number of aliphatic hydroxyl groups excluding tert-OH is 1. The predicted octanol–water partition coefficient (Wildman–Crippen LogP) is 3.75. The molecular formula is C19H16N2O3S. The molecule has 3 rings (SSSR count). The van der Waals surface area contributed by atoms with Crippen LogP contribution in [0.4, 0.5) is 11.4 Å². The molecule has 1 aromatic heterocycles. The van der Waals surface area contributed by atoms with E-state index in [-0.39, 0.29) is 18.4 Å². The van der Waals surface area contributed by atoms with Crippen LogP contribution in [0.3, 0.4) is 0 Å². The summed E-state index contributed by atoms with van der Waals surface area (Å²) in [5.41, 5.74) is 2.30. The highest BCUT2D eigenvalue weighted by Gasteiger charge is 2.10. The number of anilines is 2. The summed E-state index contributed by atoms with van der Waals surface area (Å²) in [4.78, 5) is 25.1. The van der Waals surface area contributed by atoms with Crippen molar-refractivity contribution in [1.29, 1.82) is 0 Å². The smallest absolute Gasteiger partial charge is 0.265 e. The van der Waals surface area contributed by atoms with Crippen molar-refractivity contribution in [3.05, 3.63) is 82.0 Å². The predicted molar refractivity (Wildman–Crippen MR) is 99.0 cm³/mol. The molecule has 0 bridgehead atoms. The number of aliphatic hydroxyl groups is 1. The second kappa shape index (κ2) is 7.74. The summed E-state index contributed by atoms with van der Waals surface area (Å²) in [6, 6.07) is 17.3. The van der Waals surface area contributed by atoms with E-state index >= 15 is 0 Å². The van der Waals surface area contributed by atoms with Crippen molar-refractivity contribution >= 4 is 34.5 Å². The number of amides is 2. The monoisotopic (exact) mass is 352 g/mol. The molecule has 5 nitrogen and oxygen atoms in total. The molecule has 0 saturated carbocycles. The second-order valence-corrected chi connectivity index (χ2v) is 6.27. The summed E-state index contributed by atoms with van der Waals surface area (Å²) in [6.45, 7) is -0.0893. The van der Waals surface area contributed by atoms with E-state index in [1.807, 2.05) is 11.4 Å². The van der Waals surface area contributed by atoms with Crippen molar-refractivity contribution < 1.29 is 14.7 Å². The number of rotatable bonds is 5. The van der Waals surface area contributed by atoms with Crippen LogP contribution in [0.2, 0.25) is 0 Å². The maximum Gasteiger partial charge on any atom is 0.265 e. The standard InChI is InChI=1S/C19H16N2O3S/c22-12-13-4-1-6-15(10-13)20-18(23)14-5-2-7-16(11-14)21-19(24)17-8-3-9-25-17/h1-11,22H,12H2,(H,20,23)(H,21,24). The molecule has 0 aliphatic heterocycles. The van der Waals surface area contributed by atoms with Crippen LogP contribution in [-0.2, 0) is 6.61 Å². The molecule has 126 valence electrons. The Morgan fingerprint density at radius 3 is 2.32 bits per heavy atom. The van der Waals surface area contributed by atoms with E-state index < -0.39 is 0 Å². The first-order valence-corrected chi connectivity index (χ1v) is 8.50. The van der Waals surface area contributed by atoms with E-state index in [1.165, 1.54) is 11.3 Å². The second-order valence-electron chi connectivity index (χ2n) is 5.32. The number of thiophene rings is 1. The lowest BCUT2D eigenvalue weighted by Crippen LogP contribution is -2.14. The Labute approximate surface area is 148 Å². The molecule has 0 unspecified atom stereocenters. The Morgan fingerprint density at radius 2 is 1.60 bits per heavy atom. The van der Waals surface area contributed by atoms with Crippen molar-refractivity contribution in [2.45, 2.75) is 6.61 Å². The Balaban J connectivity index is 1.72. The third-order valence-corrected chi connectivity index (χ3v) is 4.36. The molecule has 3 aromatic rings. The average Bonchev–Trinajstić information content (AvgIpc) is 3.17. The Hall–Kier alpha value is -2.96. The molecule has 2 amide bonds. The van der Waals surface area contributed by atoms with Gasteiger partial charge in [0.2, 0.25) is 0 Å². The molecule has 3 N–H and O–H groups in total. The maximum absolute atomic E-state index is 12.4. The molecule has 0 radical (unpaired) electrons. The Bertz CT molecular complexity index is 891. The molecule has 0 aliphatic rings. The first-order valence-electron chi connectivity index (χ1n) is 7.62. The van der Waals surface area contributed by atoms with Gasteiger partial charge in [-0.3, -0.25) is 9.59 Å². The normalized spacial score (nSPS) is 10.3. The molecule has 0 fully saturated rings. The van der Waals surface area contributed by atoms with Gasteiger partial charge in [0.15, 0.2) is 0 Å². The Morgan fingerprint density at radius 1 is 0.880 bits per heavy atom. The molecule has 0 atom stereocenters. The molecular weight excluding hydrogens is 336 g/mol. The molecule has 6 heteroatoms. The van der Waals surface area contributed by atoms with Crippen molar-refractivity contribution in [3.8, 4) is 0 Å². The largest absolute Gasteiger partial charge is 0.392 e. The van der Waals surface area contributed by atoms with Crippen LogP contribution in [0.5, 0.6) is 0 Å². The van der Waals surface area contributed by atoms with Gasteiger partial charge in [-0.2, -0.15) is 0 Å². The quantitative estimate of drug-likeness (QED) is 0.654. The lowest BCUT2D eigenvalue weighted by atomic mass is 10.1. The third-order valence-electron chi connectivity index (χ3n) is 3.50. The first kappa shape index (κ1) is 16.9. The zero-order valence-electron chi connectivity index (χ0n) is 13.2. The van der Waals surface area contributed by atoms with E-state index in [0.29, 0.717) is 21.8 Å². The van der Waals surface area contributed by atoms with Crippen molar-refractivity contribution in [1.82, 2.24) is 0 Å². The highest BCUT2D eigenvalue weighted by atomic mass is 32.1. The highest BCUT2D eigenvalue weighted by molar-refractivity contribution is 7.12. The zero-order chi connectivity index (χ0) is 17.6. The summed E-state index contributed by atoms with van der Waals surface area (Å²) >= 11 is 1.35. The SMILES string of the molecule is O=C(Nc1cccc(CO)c1)c1cccc(NC(=O)c2cccs2)c1. The topological polar surface area (TPSA) is 78.4 Å². The van der Waals surface area contributed by atoms with Gasteiger partial charge in [0.05, 0.1) is 11.5 Å². The Kier molecular flexibility index (Phi) is 5.23. The van der Waals surface area contributed by atoms with Crippen LogP contribution >= 0.6 is 11.3 Å². The number of hydrogen-bond donors (Lipinski definition) is 3. The van der Waals surface area contributed by atoms with E-state index in [9.17, 15) is 9.59 Å². The van der Waals surface area contributed by atoms with Crippen molar-refractivity contribution in [2.75, 3.05) is 10.6 Å². The molecule has 0 aliphatic carbocycles. The van der Waals surface area contributed by atoms with Crippen LogP contribution in [-0.4, -0.2) is 16.9 Å². The van der Waals surface area contributed by atoms with Gasteiger partial charge in [-0.25, -0.2) is 0 Å². The third kappa shape index (κ3) is 4.32. The van der Waals surface area contributed by atoms with Gasteiger partial charge in [-0.15, -0.1) is 11.3 Å². The highest BCUT2D eigenvalue weighted by Crippen LogP contribution is 2.17. The van der Waals surface area contributed by atoms with Gasteiger partial charge in [0.25, 0.3) is 11.8 Å². The number of nitrogens with one attached hydrogen (secondary N) is 2. The molecule has 25 heavy (non-hydrogen) atoms. The van der Waals surface area contributed by atoms with Gasteiger partial charge < -0.3 is 15.7 Å². The van der Waals surface area contributed by atoms with Crippen molar-refractivity contribution in [2.24, 2.45) is 0 Å². The molecule has 2 aromatic carbocycles. The van der Waals surface area contributed by atoms with Crippen LogP contribution in [0.1, 0.15) is 25.6 Å². The zero-order valence-corrected chi connectivity index (χ0v) is 14.0. The summed E-state index contributed by atoms with van der Waals surface area (Å²) in [5, 5.41) is 16.6. The number of carbonyl (C=O) groups excluding carboxylic acids is 2. The summed E-state index contributed by atoms with van der Waals surface area (Å²) < 4.78 is 0. The molecule has 0 spiro atoms. The summed E-state index contributed by atoms with van der Waals surface area (Å²) in [6.07, 6.45) is 0. The van der Waals surface area contributed by atoms with Gasteiger partial charge in [-0.05, 0) is 47.3 Å². The van der Waals surface area contributed by atoms with Crippen molar-refractivity contribution in [3.63, 3.8) is 0 Å². The van der Waals surface area contributed by atoms with Crippen LogP contribution < -0.4 is 10.6 Å². The molecule has 0 saturated heterocycles. The van der Waals surface area contributed by atoms with Gasteiger partial charge in [-0.1, -0.05) is 24.3 Å². The minimum atomic E-state index is -0.290. The summed E-state index contributed by atoms with van der Waals surface area (Å²) in [7, 11) is 0. The van der Waals surface area contributed by atoms with E-state index in [4.69, 9.17) is 5.11 Å². The summed E-state index contributed by atoms with van der Waals surface area (Å²) in [5.74, 6) is -0.495. The number of hydrogen-bond acceptors (Lipinski definition) is 4. The maximum atomic E-state index is 12.4. The lowest BCUT2D eigenvalue weighted by molar-refractivity contribution is 0.101. The van der Waals surface area contributed by atoms with E-state index in [0.717, 1.165) is 5.56 Å². The minimum absolute atomic E-state index is 0.0893. The average molecular weight is 352 g/mol. The number of carbonyl (C=O) groups is 2. The fourth-order valence-electron chi connectivity index (χ4n) is 2.29. The lowest BCUT2D eigenvalue weighted by Gasteiger charge is -2.09. The fourth-order valence-corrected chi connectivity index (χ4v) is 2.91. The molecule has 1 heterocycles. The van der Waals surface area contributed by atoms with Crippen LogP contribution in [0.15, 0.2) is 66.0 Å². The van der Waals surface area contributed by atoms with Crippen LogP contribution in [0, 0.1) is 0 Å². The van der Waals surface area contributed by atoms with Crippen LogP contribution in [0.25, 0.3) is 0 Å². The number of benzene rings is 2. The fraction of sp³-hybridized carbons (Fsp3) is 0.0526. The van der Waals surface area contributed by atoms with E-state index in [2.05, 4.69) is 10.6 Å². The van der Waals surface area contributed by atoms with Gasteiger partial charge in [0.1, 0.15) is 0 Å².